The van der Waals surface area contributed by atoms with Gasteiger partial charge in [0.1, 0.15) is 11.2 Å². The molecule has 220 valence electrons. The van der Waals surface area contributed by atoms with E-state index in [1.165, 1.54) is 10.9 Å². The van der Waals surface area contributed by atoms with Gasteiger partial charge in [0.15, 0.2) is 17.5 Å². The van der Waals surface area contributed by atoms with Crippen LogP contribution in [-0.4, -0.2) is 15.0 Å². The Balaban J connectivity index is 1.26. The van der Waals surface area contributed by atoms with E-state index in [0.717, 1.165) is 60.7 Å². The number of para-hydroxylation sites is 1. The van der Waals surface area contributed by atoms with Gasteiger partial charge in [-0.05, 0) is 57.3 Å². The number of furan rings is 1. The SMILES string of the molecule is c1ccc(-c2ccc(-c3nc(-c4ccc5ccccc5c4)nc(-c4cc(-c5ccccc5)c5c(c4)oc4ccccc45)n3)cc2)cc1. The lowest BCUT2D eigenvalue weighted by Crippen LogP contribution is -2.00. The van der Waals surface area contributed by atoms with Gasteiger partial charge in [-0.3, -0.25) is 0 Å². The van der Waals surface area contributed by atoms with Crippen molar-refractivity contribution in [3.8, 4) is 56.4 Å². The van der Waals surface area contributed by atoms with Crippen LogP contribution in [0.4, 0.5) is 0 Å². The van der Waals surface area contributed by atoms with E-state index in [-0.39, 0.29) is 0 Å². The van der Waals surface area contributed by atoms with Crippen molar-refractivity contribution >= 4 is 32.7 Å². The molecule has 0 spiro atoms. The van der Waals surface area contributed by atoms with Gasteiger partial charge in [-0.2, -0.15) is 0 Å². The molecule has 0 N–H and O–H groups in total. The Bertz CT molecular complexity index is 2550. The lowest BCUT2D eigenvalue weighted by molar-refractivity contribution is 0.669. The van der Waals surface area contributed by atoms with Crippen LogP contribution >= 0.6 is 0 Å². The van der Waals surface area contributed by atoms with Crippen LogP contribution in [0.2, 0.25) is 0 Å². The summed E-state index contributed by atoms with van der Waals surface area (Å²) >= 11 is 0. The molecule has 4 nitrogen and oxygen atoms in total. The van der Waals surface area contributed by atoms with Crippen LogP contribution in [0.15, 0.2) is 168 Å². The summed E-state index contributed by atoms with van der Waals surface area (Å²) in [6, 6.07) is 56.4. The first kappa shape index (κ1) is 27.0. The van der Waals surface area contributed by atoms with Crippen molar-refractivity contribution < 1.29 is 4.42 Å². The molecule has 0 aliphatic rings. The minimum atomic E-state index is 0.588. The molecule has 2 aromatic heterocycles. The van der Waals surface area contributed by atoms with Crippen LogP contribution < -0.4 is 0 Å². The second-order valence-corrected chi connectivity index (χ2v) is 11.7. The van der Waals surface area contributed by atoms with Crippen molar-refractivity contribution in [3.05, 3.63) is 164 Å². The molecule has 0 aliphatic heterocycles. The number of hydrogen-bond acceptors (Lipinski definition) is 4. The van der Waals surface area contributed by atoms with Gasteiger partial charge in [0.25, 0.3) is 0 Å². The van der Waals surface area contributed by atoms with Gasteiger partial charge in [0.2, 0.25) is 0 Å². The molecule has 47 heavy (non-hydrogen) atoms. The van der Waals surface area contributed by atoms with E-state index in [1.54, 1.807) is 0 Å². The molecule has 0 saturated carbocycles. The summed E-state index contributed by atoms with van der Waals surface area (Å²) in [6.45, 7) is 0. The van der Waals surface area contributed by atoms with Crippen LogP contribution in [0.5, 0.6) is 0 Å². The number of nitrogens with zero attached hydrogens (tertiary/aromatic N) is 3. The zero-order chi connectivity index (χ0) is 31.2. The minimum absolute atomic E-state index is 0.588. The van der Waals surface area contributed by atoms with Gasteiger partial charge in [-0.15, -0.1) is 0 Å². The van der Waals surface area contributed by atoms with Gasteiger partial charge in [-0.1, -0.05) is 140 Å². The number of fused-ring (bicyclic) bond motifs is 4. The smallest absolute Gasteiger partial charge is 0.164 e. The fourth-order valence-electron chi connectivity index (χ4n) is 6.36. The second kappa shape index (κ2) is 11.2. The van der Waals surface area contributed by atoms with Gasteiger partial charge in [-0.25, -0.2) is 15.0 Å². The quantitative estimate of drug-likeness (QED) is 0.197. The van der Waals surface area contributed by atoms with E-state index in [1.807, 2.05) is 24.3 Å². The lowest BCUT2D eigenvalue weighted by Gasteiger charge is -2.11. The van der Waals surface area contributed by atoms with E-state index in [9.17, 15) is 0 Å². The largest absolute Gasteiger partial charge is 0.456 e. The normalized spacial score (nSPS) is 11.4. The fourth-order valence-corrected chi connectivity index (χ4v) is 6.36. The van der Waals surface area contributed by atoms with E-state index in [4.69, 9.17) is 19.4 Å². The van der Waals surface area contributed by atoms with Gasteiger partial charge >= 0.3 is 0 Å². The van der Waals surface area contributed by atoms with E-state index < -0.39 is 0 Å². The standard InChI is InChI=1S/C43H27N3O/c1-3-11-28(12-4-1)30-19-22-32(23-20-30)41-44-42(34-24-21-29-13-7-8-16-33(29)25-34)46-43(45-41)35-26-37(31-14-5-2-6-15-31)40-36-17-9-10-18-38(36)47-39(40)27-35/h1-27H. The molecule has 0 saturated heterocycles. The monoisotopic (exact) mass is 601 g/mol. The lowest BCUT2D eigenvalue weighted by atomic mass is 9.97. The van der Waals surface area contributed by atoms with Crippen molar-refractivity contribution in [2.45, 2.75) is 0 Å². The van der Waals surface area contributed by atoms with Gasteiger partial charge in [0.05, 0.1) is 0 Å². The summed E-state index contributed by atoms with van der Waals surface area (Å²) in [6.07, 6.45) is 0. The highest BCUT2D eigenvalue weighted by atomic mass is 16.3. The Morgan fingerprint density at radius 3 is 1.66 bits per heavy atom. The third-order valence-corrected chi connectivity index (χ3v) is 8.71. The Labute approximate surface area is 271 Å². The zero-order valence-electron chi connectivity index (χ0n) is 25.3. The molecule has 0 atom stereocenters. The van der Waals surface area contributed by atoms with Crippen molar-refractivity contribution in [1.82, 2.24) is 15.0 Å². The Hall–Kier alpha value is -6.39. The van der Waals surface area contributed by atoms with E-state index in [2.05, 4.69) is 140 Å². The first-order valence-corrected chi connectivity index (χ1v) is 15.7. The summed E-state index contributed by atoms with van der Waals surface area (Å²) in [5, 5.41) is 4.47. The van der Waals surface area contributed by atoms with E-state index in [0.29, 0.717) is 17.5 Å². The summed E-state index contributed by atoms with van der Waals surface area (Å²) in [5.41, 5.74) is 8.84. The van der Waals surface area contributed by atoms with Crippen molar-refractivity contribution in [3.63, 3.8) is 0 Å². The summed E-state index contributed by atoms with van der Waals surface area (Å²) in [7, 11) is 0. The predicted octanol–water partition coefficient (Wildman–Crippen LogP) is 11.3. The first-order valence-electron chi connectivity index (χ1n) is 15.7. The molecule has 0 aliphatic carbocycles. The van der Waals surface area contributed by atoms with E-state index >= 15 is 0 Å². The highest BCUT2D eigenvalue weighted by molar-refractivity contribution is 6.13. The molecule has 9 aromatic rings. The molecule has 2 heterocycles. The molecule has 0 radical (unpaired) electrons. The number of benzene rings is 7. The average Bonchev–Trinajstić information content (AvgIpc) is 3.53. The molecular formula is C43H27N3O. The maximum absolute atomic E-state index is 6.44. The fraction of sp³-hybridized carbons (Fsp3) is 0. The Morgan fingerprint density at radius 2 is 0.894 bits per heavy atom. The maximum atomic E-state index is 6.44. The minimum Gasteiger partial charge on any atom is -0.456 e. The van der Waals surface area contributed by atoms with Crippen LogP contribution in [0, 0.1) is 0 Å². The molecule has 0 amide bonds. The molecule has 4 heteroatoms. The van der Waals surface area contributed by atoms with Crippen LogP contribution in [0.3, 0.4) is 0 Å². The Kier molecular flexibility index (Phi) is 6.43. The summed E-state index contributed by atoms with van der Waals surface area (Å²) in [4.78, 5) is 15.2. The molecule has 0 fully saturated rings. The van der Waals surface area contributed by atoms with Crippen molar-refractivity contribution in [2.24, 2.45) is 0 Å². The zero-order valence-corrected chi connectivity index (χ0v) is 25.3. The highest BCUT2D eigenvalue weighted by Crippen LogP contribution is 2.40. The van der Waals surface area contributed by atoms with Gasteiger partial charge in [0, 0.05) is 27.5 Å². The number of rotatable bonds is 5. The molecule has 7 aromatic carbocycles. The highest BCUT2D eigenvalue weighted by Gasteiger charge is 2.18. The molecule has 0 unspecified atom stereocenters. The summed E-state index contributed by atoms with van der Waals surface area (Å²) in [5.74, 6) is 1.82. The van der Waals surface area contributed by atoms with Crippen LogP contribution in [0.1, 0.15) is 0 Å². The third kappa shape index (κ3) is 4.93. The number of aromatic nitrogens is 3. The average molecular weight is 602 g/mol. The van der Waals surface area contributed by atoms with Gasteiger partial charge < -0.3 is 4.42 Å². The predicted molar refractivity (Wildman–Crippen MR) is 192 cm³/mol. The second-order valence-electron chi connectivity index (χ2n) is 11.7. The first-order chi connectivity index (χ1) is 23.3. The summed E-state index contributed by atoms with van der Waals surface area (Å²) < 4.78 is 6.44. The molecule has 9 rings (SSSR count). The maximum Gasteiger partial charge on any atom is 0.164 e. The number of hydrogen-bond donors (Lipinski definition) is 0. The molecular weight excluding hydrogens is 574 g/mol. The third-order valence-electron chi connectivity index (χ3n) is 8.71. The topological polar surface area (TPSA) is 51.8 Å². The van der Waals surface area contributed by atoms with Crippen LogP contribution in [0.25, 0.3) is 89.1 Å². The van der Waals surface area contributed by atoms with Crippen LogP contribution in [-0.2, 0) is 0 Å². The molecule has 0 bridgehead atoms. The van der Waals surface area contributed by atoms with Crippen molar-refractivity contribution in [1.29, 1.82) is 0 Å². The van der Waals surface area contributed by atoms with Crippen molar-refractivity contribution in [2.75, 3.05) is 0 Å². The Morgan fingerprint density at radius 1 is 0.340 bits per heavy atom.